The molecule has 0 saturated heterocycles. The number of carbonyl (C=O) groups is 1. The lowest BCUT2D eigenvalue weighted by atomic mass is 10.1. The summed E-state index contributed by atoms with van der Waals surface area (Å²) < 4.78 is 10.8. The molecule has 0 unspecified atom stereocenters. The molecule has 1 aromatic carbocycles. The van der Waals surface area contributed by atoms with Crippen molar-refractivity contribution in [2.45, 2.75) is 0 Å². The summed E-state index contributed by atoms with van der Waals surface area (Å²) in [6, 6.07) is 4.64. The van der Waals surface area contributed by atoms with Crippen LogP contribution in [-0.2, 0) is 0 Å². The molecule has 134 valence electrons. The predicted molar refractivity (Wildman–Crippen MR) is 95.8 cm³/mol. The van der Waals surface area contributed by atoms with E-state index in [2.05, 4.69) is 0 Å². The van der Waals surface area contributed by atoms with Gasteiger partial charge < -0.3 is 29.6 Å². The Morgan fingerprint density at radius 2 is 1.92 bits per heavy atom. The van der Waals surface area contributed by atoms with Crippen molar-refractivity contribution < 1.29 is 24.0 Å². The van der Waals surface area contributed by atoms with E-state index in [1.165, 1.54) is 23.1 Å². The van der Waals surface area contributed by atoms with Crippen LogP contribution in [0.4, 0.5) is 4.79 Å². The van der Waals surface area contributed by atoms with Crippen molar-refractivity contribution in [3.63, 3.8) is 0 Å². The average Bonchev–Trinajstić information content (AvgIpc) is 2.90. The van der Waals surface area contributed by atoms with Gasteiger partial charge in [0.05, 0.1) is 5.39 Å². The van der Waals surface area contributed by atoms with E-state index in [1.807, 2.05) is 0 Å². The topological polar surface area (TPSA) is 112 Å². The molecule has 0 fully saturated rings. The van der Waals surface area contributed by atoms with Crippen LogP contribution in [0.25, 0.3) is 17.0 Å². The Morgan fingerprint density at radius 3 is 2.54 bits per heavy atom. The average molecular weight is 355 g/mol. The van der Waals surface area contributed by atoms with Gasteiger partial charge in [0.25, 0.3) is 0 Å². The van der Waals surface area contributed by atoms with Gasteiger partial charge in [-0.1, -0.05) is 0 Å². The van der Waals surface area contributed by atoms with E-state index in [4.69, 9.17) is 9.15 Å². The molecule has 1 aliphatic rings. The van der Waals surface area contributed by atoms with Crippen molar-refractivity contribution in [3.8, 4) is 11.5 Å². The van der Waals surface area contributed by atoms with E-state index < -0.39 is 11.0 Å². The standard InChI is InChI=1S/C18H15N2O6/c1-19(2)18(22)25-13-7-8-14-15(10-13)26-16(17(14)21)9-11-3-5-12(6-4-11)20(23)24/h3-10H,1-2H3,(H-,21,23,24)/q-1. The fourth-order valence-electron chi connectivity index (χ4n) is 2.28. The number of amides is 1. The SMILES string of the molecule is CN(C)C(=O)Oc1ccc2c(O)c(C=C3C=CC(=[N+]([O-])[O-])C=C3)oc2c1. The first-order valence-electron chi connectivity index (χ1n) is 7.59. The molecule has 1 aliphatic carbocycles. The van der Waals surface area contributed by atoms with Crippen LogP contribution in [0.15, 0.2) is 52.5 Å². The van der Waals surface area contributed by atoms with Gasteiger partial charge >= 0.3 is 6.09 Å². The maximum absolute atomic E-state index is 11.6. The van der Waals surface area contributed by atoms with Crippen LogP contribution < -0.4 is 4.74 Å². The Hall–Kier alpha value is -3.68. The molecule has 2 aromatic rings. The van der Waals surface area contributed by atoms with Crippen LogP contribution in [0, 0.1) is 10.4 Å². The molecule has 1 heterocycles. The lowest BCUT2D eigenvalue weighted by Gasteiger charge is -2.10. The van der Waals surface area contributed by atoms with Crippen molar-refractivity contribution in [2.75, 3.05) is 14.1 Å². The molecule has 0 spiro atoms. The summed E-state index contributed by atoms with van der Waals surface area (Å²) in [6.45, 7) is 0. The highest BCUT2D eigenvalue weighted by atomic mass is 16.8. The Kier molecular flexibility index (Phi) is 4.40. The number of fused-ring (bicyclic) bond motifs is 1. The predicted octanol–water partition coefficient (Wildman–Crippen LogP) is 3.16. The summed E-state index contributed by atoms with van der Waals surface area (Å²) in [5.41, 5.74) is 0.951. The molecule has 0 aliphatic heterocycles. The van der Waals surface area contributed by atoms with E-state index in [0.717, 1.165) is 0 Å². The number of hydrogen-bond donors (Lipinski definition) is 1. The summed E-state index contributed by atoms with van der Waals surface area (Å²) in [7, 11) is 3.13. The molecule has 1 N–H and O–H groups in total. The van der Waals surface area contributed by atoms with Crippen molar-refractivity contribution in [1.29, 1.82) is 0 Å². The Balaban J connectivity index is 1.91. The van der Waals surface area contributed by atoms with Gasteiger partial charge in [0, 0.05) is 32.3 Å². The molecule has 1 aromatic heterocycles. The summed E-state index contributed by atoms with van der Waals surface area (Å²) >= 11 is 0. The molecule has 3 rings (SSSR count). The van der Waals surface area contributed by atoms with Crippen LogP contribution in [0.3, 0.4) is 0 Å². The third-order valence-corrected chi connectivity index (χ3v) is 3.63. The number of aromatic hydroxyl groups is 1. The Bertz CT molecular complexity index is 973. The maximum Gasteiger partial charge on any atom is 0.414 e. The van der Waals surface area contributed by atoms with Crippen LogP contribution >= 0.6 is 0 Å². The molecule has 8 nitrogen and oxygen atoms in total. The second-order valence-corrected chi connectivity index (χ2v) is 5.73. The largest absolute Gasteiger partial charge is 0.612 e. The molecule has 8 heteroatoms. The lowest BCUT2D eigenvalue weighted by Crippen LogP contribution is -2.25. The molecular formula is C18H15N2O6-. The van der Waals surface area contributed by atoms with E-state index in [-0.39, 0.29) is 23.0 Å². The van der Waals surface area contributed by atoms with Crippen LogP contribution in [0.5, 0.6) is 11.5 Å². The van der Waals surface area contributed by atoms with Crippen molar-refractivity contribution in [1.82, 2.24) is 4.90 Å². The van der Waals surface area contributed by atoms with Gasteiger partial charge in [-0.15, -0.1) is 0 Å². The van der Waals surface area contributed by atoms with Gasteiger partial charge in [-0.2, -0.15) is 4.90 Å². The number of benzene rings is 1. The first-order chi connectivity index (χ1) is 12.3. The highest BCUT2D eigenvalue weighted by molar-refractivity contribution is 6.03. The fourth-order valence-corrected chi connectivity index (χ4v) is 2.28. The summed E-state index contributed by atoms with van der Waals surface area (Å²) in [6.07, 6.45) is 6.86. The fraction of sp³-hybridized carbons (Fsp3) is 0.111. The van der Waals surface area contributed by atoms with Crippen molar-refractivity contribution in [2.24, 2.45) is 0 Å². The third kappa shape index (κ3) is 3.39. The van der Waals surface area contributed by atoms with Gasteiger partial charge in [0.15, 0.2) is 11.5 Å². The van der Waals surface area contributed by atoms with Crippen molar-refractivity contribution in [3.05, 3.63) is 64.3 Å². The molecule has 0 saturated carbocycles. The molecule has 0 radical (unpaired) electrons. The van der Waals surface area contributed by atoms with Crippen molar-refractivity contribution >= 4 is 28.9 Å². The summed E-state index contributed by atoms with van der Waals surface area (Å²) in [5.74, 6) is 0.417. The summed E-state index contributed by atoms with van der Waals surface area (Å²) in [5, 5.41) is 32.1. The van der Waals surface area contributed by atoms with Crippen LogP contribution in [0.1, 0.15) is 5.76 Å². The van der Waals surface area contributed by atoms with Crippen LogP contribution in [-0.4, -0.2) is 40.8 Å². The lowest BCUT2D eigenvalue weighted by molar-refractivity contribution is -0.377. The molecule has 1 amide bonds. The number of carbonyl (C=O) groups excluding carboxylic acids is 1. The normalized spacial score (nSPS) is 13.2. The van der Waals surface area contributed by atoms with E-state index in [0.29, 0.717) is 16.5 Å². The zero-order valence-corrected chi connectivity index (χ0v) is 14.0. The van der Waals surface area contributed by atoms with Gasteiger partial charge in [-0.3, -0.25) is 0 Å². The number of hydrogen-bond acceptors (Lipinski definition) is 6. The number of ether oxygens (including phenoxy) is 1. The molecular weight excluding hydrogens is 340 g/mol. The highest BCUT2D eigenvalue weighted by Gasteiger charge is 2.15. The zero-order valence-electron chi connectivity index (χ0n) is 14.0. The molecule has 0 atom stereocenters. The van der Waals surface area contributed by atoms with Crippen LogP contribution in [0.2, 0.25) is 0 Å². The zero-order chi connectivity index (χ0) is 18.8. The minimum atomic E-state index is -0.530. The first kappa shape index (κ1) is 17.2. The smallest absolute Gasteiger partial charge is 0.414 e. The van der Waals surface area contributed by atoms with Gasteiger partial charge in [-0.05, 0) is 35.9 Å². The van der Waals surface area contributed by atoms with E-state index >= 15 is 0 Å². The molecule has 26 heavy (non-hydrogen) atoms. The molecule has 0 bridgehead atoms. The highest BCUT2D eigenvalue weighted by Crippen LogP contribution is 2.35. The number of allylic oxidation sites excluding steroid dienone is 5. The van der Waals surface area contributed by atoms with Gasteiger partial charge in [0.1, 0.15) is 11.3 Å². The Labute approximate surface area is 148 Å². The maximum atomic E-state index is 11.6. The van der Waals surface area contributed by atoms with Gasteiger partial charge in [0.2, 0.25) is 5.71 Å². The minimum Gasteiger partial charge on any atom is -0.612 e. The second kappa shape index (κ2) is 6.67. The minimum absolute atomic E-state index is 0.0247. The van der Waals surface area contributed by atoms with Gasteiger partial charge in [-0.25, -0.2) is 4.79 Å². The monoisotopic (exact) mass is 355 g/mol. The number of furan rings is 1. The third-order valence-electron chi connectivity index (χ3n) is 3.63. The number of nitrogens with zero attached hydrogens (tertiary/aromatic N) is 2. The first-order valence-corrected chi connectivity index (χ1v) is 7.59. The second-order valence-electron chi connectivity index (χ2n) is 5.73. The summed E-state index contributed by atoms with van der Waals surface area (Å²) in [4.78, 5) is 12.4. The van der Waals surface area contributed by atoms with E-state index in [9.17, 15) is 20.3 Å². The quantitative estimate of drug-likeness (QED) is 0.654. The van der Waals surface area contributed by atoms with E-state index in [1.54, 1.807) is 44.5 Å². The Morgan fingerprint density at radius 1 is 1.23 bits per heavy atom. The number of rotatable bonds is 2.